The monoisotopic (exact) mass is 496 g/mol. The number of hydrogen-bond donors (Lipinski definition) is 3. The Bertz CT molecular complexity index is 1250. The molecular formula is C26H33FN6O3. The van der Waals surface area contributed by atoms with Crippen LogP contribution in [0.15, 0.2) is 24.4 Å². The molecule has 0 atom stereocenters. The van der Waals surface area contributed by atoms with Gasteiger partial charge in [0.05, 0.1) is 31.6 Å². The zero-order chi connectivity index (χ0) is 25.2. The third-order valence-electron chi connectivity index (χ3n) is 7.20. The van der Waals surface area contributed by atoms with Crippen LogP contribution in [-0.4, -0.2) is 85.3 Å². The summed E-state index contributed by atoms with van der Waals surface area (Å²) in [7, 11) is 3.35. The third-order valence-corrected chi connectivity index (χ3v) is 7.20. The van der Waals surface area contributed by atoms with Crippen molar-refractivity contribution in [3.05, 3.63) is 41.3 Å². The van der Waals surface area contributed by atoms with Crippen LogP contribution in [0.3, 0.4) is 0 Å². The number of aromatic amines is 1. The van der Waals surface area contributed by atoms with Crippen LogP contribution in [0.5, 0.6) is 5.75 Å². The fourth-order valence-corrected chi connectivity index (χ4v) is 5.23. The molecule has 10 heteroatoms. The van der Waals surface area contributed by atoms with Gasteiger partial charge in [0.1, 0.15) is 23.0 Å². The number of aryl methyl sites for hydroxylation is 1. The van der Waals surface area contributed by atoms with E-state index in [1.807, 2.05) is 26.2 Å². The molecule has 2 aliphatic rings. The number of piperidine rings is 1. The van der Waals surface area contributed by atoms with Crippen LogP contribution in [0, 0.1) is 12.7 Å². The fraction of sp³-hybridized carbons (Fsp3) is 0.462. The van der Waals surface area contributed by atoms with Gasteiger partial charge in [0, 0.05) is 68.7 Å². The van der Waals surface area contributed by atoms with Gasteiger partial charge in [-0.05, 0) is 31.4 Å². The summed E-state index contributed by atoms with van der Waals surface area (Å²) in [5, 5.41) is 7.33. The summed E-state index contributed by atoms with van der Waals surface area (Å²) in [6, 6.07) is 5.08. The number of halogens is 1. The standard InChI is InChI=1S/C26H33FN6O3/c1-16-15-29-25-24(16)21(28-2)14-23(31-25)30-20-13-19(27)18(12-22(20)35-3)26(34)33-6-4-17(5-7-33)32-8-10-36-11-9-32/h12-15,17H,4-11H2,1-3H3,(H3,28,29,30,31). The second-order valence-corrected chi connectivity index (χ2v) is 9.33. The highest BCUT2D eigenvalue weighted by Gasteiger charge is 2.30. The quantitative estimate of drug-likeness (QED) is 0.479. The van der Waals surface area contributed by atoms with Crippen molar-refractivity contribution in [1.82, 2.24) is 19.8 Å². The first-order chi connectivity index (χ1) is 17.5. The Hall–Kier alpha value is -3.37. The lowest BCUT2D eigenvalue weighted by molar-refractivity contribution is 0.00154. The van der Waals surface area contributed by atoms with Crippen LogP contribution in [0.25, 0.3) is 11.0 Å². The molecule has 1 amide bonds. The van der Waals surface area contributed by atoms with E-state index in [9.17, 15) is 4.79 Å². The topological polar surface area (TPSA) is 94.8 Å². The molecule has 2 aromatic heterocycles. The first kappa shape index (κ1) is 24.3. The van der Waals surface area contributed by atoms with Gasteiger partial charge in [-0.25, -0.2) is 9.37 Å². The van der Waals surface area contributed by atoms with Crippen molar-refractivity contribution in [1.29, 1.82) is 0 Å². The number of anilines is 3. The maximum Gasteiger partial charge on any atom is 0.256 e. The molecule has 4 heterocycles. The average Bonchev–Trinajstić information content (AvgIpc) is 3.29. The summed E-state index contributed by atoms with van der Waals surface area (Å²) in [6.07, 6.45) is 3.65. The summed E-state index contributed by atoms with van der Waals surface area (Å²) in [6.45, 7) is 6.60. The summed E-state index contributed by atoms with van der Waals surface area (Å²) in [5.41, 5.74) is 3.10. The number of rotatable bonds is 6. The molecule has 192 valence electrons. The second-order valence-electron chi connectivity index (χ2n) is 9.33. The molecule has 36 heavy (non-hydrogen) atoms. The molecule has 2 fully saturated rings. The number of aromatic nitrogens is 2. The highest BCUT2D eigenvalue weighted by molar-refractivity contribution is 5.96. The van der Waals surface area contributed by atoms with Crippen molar-refractivity contribution in [2.24, 2.45) is 0 Å². The van der Waals surface area contributed by atoms with E-state index in [-0.39, 0.29) is 11.5 Å². The number of carbonyl (C=O) groups is 1. The van der Waals surface area contributed by atoms with Crippen molar-refractivity contribution in [3.63, 3.8) is 0 Å². The minimum atomic E-state index is -0.593. The zero-order valence-electron chi connectivity index (χ0n) is 21.0. The fourth-order valence-electron chi connectivity index (χ4n) is 5.23. The molecule has 0 aliphatic carbocycles. The molecule has 2 saturated heterocycles. The number of carbonyl (C=O) groups excluding carboxylic acids is 1. The molecule has 0 bridgehead atoms. The number of hydrogen-bond acceptors (Lipinski definition) is 7. The molecule has 3 N–H and O–H groups in total. The number of nitrogens with zero attached hydrogens (tertiary/aromatic N) is 3. The lowest BCUT2D eigenvalue weighted by atomic mass is 10.0. The van der Waals surface area contributed by atoms with Crippen molar-refractivity contribution >= 4 is 34.1 Å². The van der Waals surface area contributed by atoms with E-state index in [4.69, 9.17) is 9.47 Å². The highest BCUT2D eigenvalue weighted by Crippen LogP contribution is 2.34. The number of fused-ring (bicyclic) bond motifs is 1. The number of nitrogens with one attached hydrogen (secondary N) is 3. The van der Waals surface area contributed by atoms with Crippen molar-refractivity contribution in [2.45, 2.75) is 25.8 Å². The molecule has 0 radical (unpaired) electrons. The molecule has 1 aromatic carbocycles. The summed E-state index contributed by atoms with van der Waals surface area (Å²) >= 11 is 0. The molecule has 3 aromatic rings. The first-order valence-electron chi connectivity index (χ1n) is 12.4. The molecule has 5 rings (SSSR count). The van der Waals surface area contributed by atoms with Crippen LogP contribution >= 0.6 is 0 Å². The largest absolute Gasteiger partial charge is 0.495 e. The van der Waals surface area contributed by atoms with Crippen molar-refractivity contribution in [2.75, 3.05) is 64.2 Å². The summed E-state index contributed by atoms with van der Waals surface area (Å²) in [5.74, 6) is -0.00456. The second kappa shape index (κ2) is 10.3. The smallest absolute Gasteiger partial charge is 0.256 e. The highest BCUT2D eigenvalue weighted by atomic mass is 19.1. The van der Waals surface area contributed by atoms with Crippen LogP contribution in [-0.2, 0) is 4.74 Å². The molecule has 2 aliphatic heterocycles. The van der Waals surface area contributed by atoms with Gasteiger partial charge >= 0.3 is 0 Å². The van der Waals surface area contributed by atoms with E-state index >= 15 is 4.39 Å². The Morgan fingerprint density at radius 3 is 2.61 bits per heavy atom. The van der Waals surface area contributed by atoms with Crippen molar-refractivity contribution in [3.8, 4) is 5.75 Å². The maximum absolute atomic E-state index is 15.2. The van der Waals surface area contributed by atoms with Gasteiger partial charge in [-0.2, -0.15) is 0 Å². The summed E-state index contributed by atoms with van der Waals surface area (Å²) < 4.78 is 26.2. The van der Waals surface area contributed by atoms with Crippen LogP contribution in [0.4, 0.5) is 21.6 Å². The van der Waals surface area contributed by atoms with E-state index < -0.39 is 5.82 Å². The lowest BCUT2D eigenvalue weighted by Gasteiger charge is -2.40. The number of ether oxygens (including phenoxy) is 2. The van der Waals surface area contributed by atoms with Crippen molar-refractivity contribution < 1.29 is 18.7 Å². The number of likely N-dealkylation sites (tertiary alicyclic amines) is 1. The SMILES string of the molecule is CNc1cc(Nc2cc(F)c(C(=O)N3CCC(N4CCOCC4)CC3)cc2OC)nc2[nH]cc(C)c12. The lowest BCUT2D eigenvalue weighted by Crippen LogP contribution is -2.50. The van der Waals surface area contributed by atoms with E-state index in [0.29, 0.717) is 42.0 Å². The van der Waals surface area contributed by atoms with Gasteiger partial charge < -0.3 is 30.0 Å². The predicted molar refractivity (Wildman–Crippen MR) is 138 cm³/mol. The van der Waals surface area contributed by atoms with Gasteiger partial charge in [-0.1, -0.05) is 0 Å². The van der Waals surface area contributed by atoms with Gasteiger partial charge in [0.25, 0.3) is 5.91 Å². The van der Waals surface area contributed by atoms with E-state index in [1.54, 1.807) is 4.90 Å². The Kier molecular flexibility index (Phi) is 6.97. The van der Waals surface area contributed by atoms with Gasteiger partial charge in [-0.15, -0.1) is 0 Å². The third kappa shape index (κ3) is 4.70. The number of pyridine rings is 1. The Morgan fingerprint density at radius 1 is 1.17 bits per heavy atom. The number of morpholine rings is 1. The van der Waals surface area contributed by atoms with Crippen LogP contribution in [0.2, 0.25) is 0 Å². The zero-order valence-corrected chi connectivity index (χ0v) is 21.0. The number of benzene rings is 1. The van der Waals surface area contributed by atoms with Gasteiger partial charge in [0.15, 0.2) is 0 Å². The molecule has 0 unspecified atom stereocenters. The van der Waals surface area contributed by atoms with E-state index in [1.165, 1.54) is 19.2 Å². The van der Waals surface area contributed by atoms with Gasteiger partial charge in [-0.3, -0.25) is 9.69 Å². The Balaban J connectivity index is 1.33. The summed E-state index contributed by atoms with van der Waals surface area (Å²) in [4.78, 5) is 25.2. The van der Waals surface area contributed by atoms with E-state index in [2.05, 4.69) is 25.5 Å². The Labute approximate surface area is 210 Å². The van der Waals surface area contributed by atoms with Gasteiger partial charge in [0.2, 0.25) is 0 Å². The number of H-pyrrole nitrogens is 1. The maximum atomic E-state index is 15.2. The normalized spacial score (nSPS) is 17.4. The number of amides is 1. The average molecular weight is 497 g/mol. The van der Waals surface area contributed by atoms with Crippen LogP contribution < -0.4 is 15.4 Å². The Morgan fingerprint density at radius 2 is 1.92 bits per heavy atom. The predicted octanol–water partition coefficient (Wildman–Crippen LogP) is 3.74. The minimum absolute atomic E-state index is 0.0153. The minimum Gasteiger partial charge on any atom is -0.495 e. The number of methoxy groups -OCH3 is 1. The molecule has 9 nitrogen and oxygen atoms in total. The van der Waals surface area contributed by atoms with E-state index in [0.717, 1.165) is 55.8 Å². The first-order valence-corrected chi connectivity index (χ1v) is 12.4. The van der Waals surface area contributed by atoms with Crippen LogP contribution in [0.1, 0.15) is 28.8 Å². The molecule has 0 spiro atoms. The molecule has 0 saturated carbocycles. The molecular weight excluding hydrogens is 463 g/mol.